The van der Waals surface area contributed by atoms with Crippen LogP contribution in [0.1, 0.15) is 29.2 Å². The zero-order valence-electron chi connectivity index (χ0n) is 13.9. The van der Waals surface area contributed by atoms with Gasteiger partial charge in [0, 0.05) is 19.1 Å². The largest absolute Gasteiger partial charge is 0.388 e. The lowest BCUT2D eigenvalue weighted by Crippen LogP contribution is -2.45. The zero-order chi connectivity index (χ0) is 17.6. The molecule has 5 heteroatoms. The van der Waals surface area contributed by atoms with Crippen molar-refractivity contribution in [3.8, 4) is 6.07 Å². The Morgan fingerprint density at radius 3 is 2.84 bits per heavy atom. The van der Waals surface area contributed by atoms with Crippen molar-refractivity contribution in [2.45, 2.75) is 25.1 Å². The highest BCUT2D eigenvalue weighted by molar-refractivity contribution is 5.37. The van der Waals surface area contributed by atoms with Gasteiger partial charge in [-0.15, -0.1) is 0 Å². The number of rotatable bonds is 5. The third kappa shape index (κ3) is 4.43. The molecule has 0 saturated carbocycles. The highest BCUT2D eigenvalue weighted by atomic mass is 19.1. The highest BCUT2D eigenvalue weighted by Crippen LogP contribution is 2.24. The fourth-order valence-corrected chi connectivity index (χ4v) is 3.20. The smallest absolute Gasteiger partial charge is 0.123 e. The second kappa shape index (κ2) is 8.21. The first-order valence-corrected chi connectivity index (χ1v) is 8.40. The molecule has 2 aromatic rings. The SMILES string of the molecule is N#Cc1ccc(F)cc1CN1CCOC[C@H]1C[C@@H](O)c1ccccc1. The van der Waals surface area contributed by atoms with Crippen LogP contribution in [0.5, 0.6) is 0 Å². The van der Waals surface area contributed by atoms with E-state index in [9.17, 15) is 14.8 Å². The van der Waals surface area contributed by atoms with Gasteiger partial charge in [-0.3, -0.25) is 4.90 Å². The van der Waals surface area contributed by atoms with Crippen LogP contribution < -0.4 is 0 Å². The fourth-order valence-electron chi connectivity index (χ4n) is 3.20. The van der Waals surface area contributed by atoms with Crippen molar-refractivity contribution >= 4 is 0 Å². The van der Waals surface area contributed by atoms with Crippen molar-refractivity contribution < 1.29 is 14.2 Å². The van der Waals surface area contributed by atoms with E-state index in [0.717, 1.165) is 5.56 Å². The van der Waals surface area contributed by atoms with Gasteiger partial charge in [0.1, 0.15) is 5.82 Å². The Balaban J connectivity index is 1.73. The normalized spacial score (nSPS) is 19.3. The summed E-state index contributed by atoms with van der Waals surface area (Å²) in [4.78, 5) is 2.16. The van der Waals surface area contributed by atoms with Gasteiger partial charge in [-0.05, 0) is 35.7 Å². The number of aliphatic hydroxyl groups excluding tert-OH is 1. The Labute approximate surface area is 147 Å². The third-order valence-electron chi connectivity index (χ3n) is 4.59. The fraction of sp³-hybridized carbons (Fsp3) is 0.350. The molecule has 0 aliphatic carbocycles. The van der Waals surface area contributed by atoms with Crippen LogP contribution in [0, 0.1) is 17.1 Å². The summed E-state index contributed by atoms with van der Waals surface area (Å²) in [6.07, 6.45) is -0.0559. The van der Waals surface area contributed by atoms with E-state index in [1.165, 1.54) is 18.2 Å². The number of nitriles is 1. The first kappa shape index (κ1) is 17.6. The predicted molar refractivity (Wildman–Crippen MR) is 92.2 cm³/mol. The number of hydrogen-bond acceptors (Lipinski definition) is 4. The van der Waals surface area contributed by atoms with Crippen molar-refractivity contribution in [3.05, 3.63) is 71.0 Å². The van der Waals surface area contributed by atoms with Crippen molar-refractivity contribution in [1.82, 2.24) is 4.90 Å². The second-order valence-corrected chi connectivity index (χ2v) is 6.27. The van der Waals surface area contributed by atoms with E-state index < -0.39 is 6.10 Å². The van der Waals surface area contributed by atoms with E-state index in [-0.39, 0.29) is 11.9 Å². The van der Waals surface area contributed by atoms with Crippen LogP contribution in [0.15, 0.2) is 48.5 Å². The average molecular weight is 340 g/mol. The number of nitrogens with zero attached hydrogens (tertiary/aromatic N) is 2. The van der Waals surface area contributed by atoms with Crippen LogP contribution in [-0.4, -0.2) is 35.8 Å². The van der Waals surface area contributed by atoms with Gasteiger partial charge in [0.2, 0.25) is 0 Å². The summed E-state index contributed by atoms with van der Waals surface area (Å²) in [5.74, 6) is -0.344. The number of halogens is 1. The first-order chi connectivity index (χ1) is 12.2. The number of benzene rings is 2. The summed E-state index contributed by atoms with van der Waals surface area (Å²) >= 11 is 0. The first-order valence-electron chi connectivity index (χ1n) is 8.40. The Bertz CT molecular complexity index is 745. The number of ether oxygens (including phenoxy) is 1. The maximum absolute atomic E-state index is 13.6. The number of hydrogen-bond donors (Lipinski definition) is 1. The molecule has 4 nitrogen and oxygen atoms in total. The van der Waals surface area contributed by atoms with Gasteiger partial charge >= 0.3 is 0 Å². The Morgan fingerprint density at radius 2 is 2.08 bits per heavy atom. The van der Waals surface area contributed by atoms with Gasteiger partial charge in [0.25, 0.3) is 0 Å². The molecule has 130 valence electrons. The minimum absolute atomic E-state index is 0.0127. The van der Waals surface area contributed by atoms with Gasteiger partial charge in [0.05, 0.1) is 31.0 Å². The van der Waals surface area contributed by atoms with Gasteiger partial charge in [-0.1, -0.05) is 30.3 Å². The highest BCUT2D eigenvalue weighted by Gasteiger charge is 2.26. The minimum Gasteiger partial charge on any atom is -0.388 e. The monoisotopic (exact) mass is 340 g/mol. The summed E-state index contributed by atoms with van der Waals surface area (Å²) in [7, 11) is 0. The molecule has 0 aromatic heterocycles. The lowest BCUT2D eigenvalue weighted by molar-refractivity contribution is -0.0300. The van der Waals surface area contributed by atoms with Gasteiger partial charge in [-0.2, -0.15) is 5.26 Å². The van der Waals surface area contributed by atoms with E-state index in [0.29, 0.717) is 43.9 Å². The number of aliphatic hydroxyl groups is 1. The van der Waals surface area contributed by atoms with Crippen molar-refractivity contribution in [1.29, 1.82) is 5.26 Å². The molecule has 0 radical (unpaired) electrons. The molecule has 1 aliphatic heterocycles. The molecule has 0 unspecified atom stereocenters. The van der Waals surface area contributed by atoms with Crippen LogP contribution in [0.25, 0.3) is 0 Å². The molecule has 25 heavy (non-hydrogen) atoms. The Hall–Kier alpha value is -2.26. The molecule has 0 amide bonds. The summed E-state index contributed by atoms with van der Waals surface area (Å²) in [5.41, 5.74) is 2.02. The van der Waals surface area contributed by atoms with Crippen LogP contribution in [0.3, 0.4) is 0 Å². The Kier molecular flexibility index (Phi) is 5.77. The molecule has 1 fully saturated rings. The molecule has 1 saturated heterocycles. The van der Waals surface area contributed by atoms with Crippen LogP contribution in [-0.2, 0) is 11.3 Å². The zero-order valence-corrected chi connectivity index (χ0v) is 13.9. The molecule has 2 aromatic carbocycles. The maximum atomic E-state index is 13.6. The van der Waals surface area contributed by atoms with Crippen LogP contribution in [0.4, 0.5) is 4.39 Å². The summed E-state index contributed by atoms with van der Waals surface area (Å²) in [5, 5.41) is 19.8. The van der Waals surface area contributed by atoms with E-state index in [4.69, 9.17) is 4.74 Å². The van der Waals surface area contributed by atoms with Gasteiger partial charge in [-0.25, -0.2) is 4.39 Å². The van der Waals surface area contributed by atoms with Crippen molar-refractivity contribution in [2.24, 2.45) is 0 Å². The Morgan fingerprint density at radius 1 is 1.28 bits per heavy atom. The molecule has 1 N–H and O–H groups in total. The van der Waals surface area contributed by atoms with E-state index in [2.05, 4.69) is 11.0 Å². The average Bonchev–Trinajstić information content (AvgIpc) is 2.64. The van der Waals surface area contributed by atoms with Crippen molar-refractivity contribution in [2.75, 3.05) is 19.8 Å². The molecule has 3 rings (SSSR count). The standard InChI is InChI=1S/C20H21FN2O2/c21-18-7-6-16(12-22)17(10-18)13-23-8-9-25-14-19(23)11-20(24)15-4-2-1-3-5-15/h1-7,10,19-20,24H,8-9,11,13-14H2/t19-,20-/m1/s1. The number of morpholine rings is 1. The van der Waals surface area contributed by atoms with E-state index in [1.54, 1.807) is 0 Å². The molecule has 2 atom stereocenters. The topological polar surface area (TPSA) is 56.5 Å². The third-order valence-corrected chi connectivity index (χ3v) is 4.59. The molecule has 1 aliphatic rings. The molecule has 0 spiro atoms. The van der Waals surface area contributed by atoms with Crippen molar-refractivity contribution in [3.63, 3.8) is 0 Å². The summed E-state index contributed by atoms with van der Waals surface area (Å²) in [6.45, 7) is 2.26. The molecule has 1 heterocycles. The van der Waals surface area contributed by atoms with Gasteiger partial charge < -0.3 is 9.84 Å². The lowest BCUT2D eigenvalue weighted by atomic mass is 9.99. The van der Waals surface area contributed by atoms with E-state index in [1.807, 2.05) is 30.3 Å². The van der Waals surface area contributed by atoms with Crippen LogP contribution >= 0.6 is 0 Å². The summed E-state index contributed by atoms with van der Waals surface area (Å²) in [6, 6.07) is 15.9. The lowest BCUT2D eigenvalue weighted by Gasteiger charge is -2.36. The minimum atomic E-state index is -0.585. The molecule has 0 bridgehead atoms. The van der Waals surface area contributed by atoms with E-state index >= 15 is 0 Å². The summed E-state index contributed by atoms with van der Waals surface area (Å²) < 4.78 is 19.1. The quantitative estimate of drug-likeness (QED) is 0.909. The second-order valence-electron chi connectivity index (χ2n) is 6.27. The van der Waals surface area contributed by atoms with Crippen LogP contribution in [0.2, 0.25) is 0 Å². The molecular weight excluding hydrogens is 319 g/mol. The predicted octanol–water partition coefficient (Wildman–Crippen LogP) is 3.02. The van der Waals surface area contributed by atoms with Gasteiger partial charge in [0.15, 0.2) is 0 Å². The maximum Gasteiger partial charge on any atom is 0.123 e. The molecular formula is C20H21FN2O2.